The van der Waals surface area contributed by atoms with Gasteiger partial charge in [-0.2, -0.15) is 4.98 Å². The molecule has 0 radical (unpaired) electrons. The number of rotatable bonds is 5. The third-order valence-electron chi connectivity index (χ3n) is 3.49. The molecule has 1 atom stereocenters. The summed E-state index contributed by atoms with van der Waals surface area (Å²) in [6, 6.07) is 14.8. The number of halogens is 1. The third kappa shape index (κ3) is 4.32. The molecule has 6 nitrogen and oxygen atoms in total. The molecule has 0 aliphatic rings. The van der Waals surface area contributed by atoms with Crippen molar-refractivity contribution in [3.63, 3.8) is 0 Å². The SMILES string of the molecule is Cc1ccc(NC(=O)[C@H](Sc2n[nH]c(N)n2)c2ccccc2)cc1Cl. The number of amides is 1. The number of aromatic nitrogens is 3. The number of benzene rings is 2. The first-order valence-corrected chi connectivity index (χ1v) is 8.75. The van der Waals surface area contributed by atoms with E-state index in [2.05, 4.69) is 20.5 Å². The first-order valence-electron chi connectivity index (χ1n) is 7.49. The highest BCUT2D eigenvalue weighted by Gasteiger charge is 2.24. The van der Waals surface area contributed by atoms with Gasteiger partial charge in [-0.25, -0.2) is 5.10 Å². The molecule has 3 rings (SSSR count). The normalized spacial score (nSPS) is 11.9. The number of nitrogens with two attached hydrogens (primary N) is 1. The van der Waals surface area contributed by atoms with Crippen LogP contribution in [-0.2, 0) is 4.79 Å². The van der Waals surface area contributed by atoms with E-state index in [1.807, 2.05) is 49.4 Å². The highest BCUT2D eigenvalue weighted by molar-refractivity contribution is 8.00. The van der Waals surface area contributed by atoms with Gasteiger partial charge >= 0.3 is 0 Å². The first kappa shape index (κ1) is 17.3. The number of thioether (sulfide) groups is 1. The van der Waals surface area contributed by atoms with Gasteiger partial charge in [-0.1, -0.05) is 59.8 Å². The Labute approximate surface area is 154 Å². The van der Waals surface area contributed by atoms with Crippen molar-refractivity contribution in [2.75, 3.05) is 11.1 Å². The summed E-state index contributed by atoms with van der Waals surface area (Å²) in [5.74, 6) is 0.0135. The number of nitrogen functional groups attached to an aromatic ring is 1. The van der Waals surface area contributed by atoms with Crippen molar-refractivity contribution < 1.29 is 4.79 Å². The number of carbonyl (C=O) groups is 1. The van der Waals surface area contributed by atoms with Crippen molar-refractivity contribution in [1.29, 1.82) is 0 Å². The fourth-order valence-electron chi connectivity index (χ4n) is 2.20. The van der Waals surface area contributed by atoms with Crippen LogP contribution in [0.5, 0.6) is 0 Å². The van der Waals surface area contributed by atoms with E-state index in [0.29, 0.717) is 15.9 Å². The standard InChI is InChI=1S/C17H16ClN5OS/c1-10-7-8-12(9-13(10)18)20-15(24)14(11-5-3-2-4-6-11)25-17-21-16(19)22-23-17/h2-9,14H,1H3,(H,20,24)(H3,19,21,22,23)/t14-/m1/s1. The number of anilines is 2. The summed E-state index contributed by atoms with van der Waals surface area (Å²) >= 11 is 7.35. The van der Waals surface area contributed by atoms with E-state index in [-0.39, 0.29) is 11.9 Å². The molecule has 0 saturated carbocycles. The maximum Gasteiger partial charge on any atom is 0.242 e. The fourth-order valence-corrected chi connectivity index (χ4v) is 3.30. The van der Waals surface area contributed by atoms with Gasteiger partial charge in [0.1, 0.15) is 5.25 Å². The summed E-state index contributed by atoms with van der Waals surface area (Å²) in [6.07, 6.45) is 0. The number of nitrogens with zero attached hydrogens (tertiary/aromatic N) is 2. The van der Waals surface area contributed by atoms with Crippen LogP contribution in [0.2, 0.25) is 5.02 Å². The number of hydrogen-bond donors (Lipinski definition) is 3. The summed E-state index contributed by atoms with van der Waals surface area (Å²) in [6.45, 7) is 1.91. The van der Waals surface area contributed by atoms with Crippen molar-refractivity contribution in [3.8, 4) is 0 Å². The zero-order valence-electron chi connectivity index (χ0n) is 13.4. The Morgan fingerprint density at radius 3 is 2.68 bits per heavy atom. The van der Waals surface area contributed by atoms with Crippen LogP contribution >= 0.6 is 23.4 Å². The summed E-state index contributed by atoms with van der Waals surface area (Å²) < 4.78 is 0. The molecular weight excluding hydrogens is 358 g/mol. The smallest absolute Gasteiger partial charge is 0.242 e. The van der Waals surface area contributed by atoms with Gasteiger partial charge < -0.3 is 11.1 Å². The molecule has 0 bridgehead atoms. The number of nitrogens with one attached hydrogen (secondary N) is 2. The van der Waals surface area contributed by atoms with Crippen LogP contribution in [0.1, 0.15) is 16.4 Å². The minimum absolute atomic E-state index is 0.195. The highest BCUT2D eigenvalue weighted by atomic mass is 35.5. The van der Waals surface area contributed by atoms with E-state index >= 15 is 0 Å². The Morgan fingerprint density at radius 2 is 2.04 bits per heavy atom. The lowest BCUT2D eigenvalue weighted by Gasteiger charge is -2.16. The zero-order chi connectivity index (χ0) is 17.8. The van der Waals surface area contributed by atoms with E-state index in [0.717, 1.165) is 11.1 Å². The van der Waals surface area contributed by atoms with E-state index in [1.165, 1.54) is 11.8 Å². The molecule has 0 saturated heterocycles. The fraction of sp³-hybridized carbons (Fsp3) is 0.118. The van der Waals surface area contributed by atoms with Gasteiger partial charge in [0.2, 0.25) is 17.0 Å². The van der Waals surface area contributed by atoms with Gasteiger partial charge in [0, 0.05) is 10.7 Å². The van der Waals surface area contributed by atoms with E-state index < -0.39 is 5.25 Å². The maximum absolute atomic E-state index is 12.8. The monoisotopic (exact) mass is 373 g/mol. The molecule has 1 heterocycles. The van der Waals surface area contributed by atoms with Crippen molar-refractivity contribution in [3.05, 3.63) is 64.7 Å². The second-order valence-corrected chi connectivity index (χ2v) is 6.84. The molecule has 0 spiro atoms. The molecular formula is C17H16ClN5OS. The van der Waals surface area contributed by atoms with Gasteiger partial charge in [0.15, 0.2) is 0 Å². The van der Waals surface area contributed by atoms with Crippen LogP contribution in [0.3, 0.4) is 0 Å². The molecule has 0 aliphatic heterocycles. The van der Waals surface area contributed by atoms with Crippen LogP contribution < -0.4 is 11.1 Å². The largest absolute Gasteiger partial charge is 0.368 e. The molecule has 8 heteroatoms. The molecule has 0 unspecified atom stereocenters. The Bertz CT molecular complexity index is 884. The topological polar surface area (TPSA) is 96.7 Å². The van der Waals surface area contributed by atoms with Gasteiger partial charge in [-0.15, -0.1) is 5.10 Å². The molecule has 4 N–H and O–H groups in total. The second kappa shape index (κ2) is 7.58. The molecule has 0 aliphatic carbocycles. The minimum Gasteiger partial charge on any atom is -0.368 e. The highest BCUT2D eigenvalue weighted by Crippen LogP contribution is 2.34. The molecule has 2 aromatic carbocycles. The first-order chi connectivity index (χ1) is 12.0. The Kier molecular flexibility index (Phi) is 5.25. The van der Waals surface area contributed by atoms with Crippen molar-refractivity contribution in [2.45, 2.75) is 17.3 Å². The summed E-state index contributed by atoms with van der Waals surface area (Å²) in [4.78, 5) is 16.9. The Morgan fingerprint density at radius 1 is 1.28 bits per heavy atom. The Balaban J connectivity index is 1.85. The van der Waals surface area contributed by atoms with Crippen molar-refractivity contribution >= 4 is 40.9 Å². The lowest BCUT2D eigenvalue weighted by atomic mass is 10.1. The lowest BCUT2D eigenvalue weighted by molar-refractivity contribution is -0.115. The molecule has 0 fully saturated rings. The average Bonchev–Trinajstić information content (AvgIpc) is 3.02. The lowest BCUT2D eigenvalue weighted by Crippen LogP contribution is -2.19. The van der Waals surface area contributed by atoms with Gasteiger partial charge in [-0.3, -0.25) is 4.79 Å². The number of carbonyl (C=O) groups excluding carboxylic acids is 1. The van der Waals surface area contributed by atoms with Crippen molar-refractivity contribution in [2.24, 2.45) is 0 Å². The van der Waals surface area contributed by atoms with Crippen LogP contribution in [0, 0.1) is 6.92 Å². The van der Waals surface area contributed by atoms with Crippen LogP contribution in [-0.4, -0.2) is 21.1 Å². The summed E-state index contributed by atoms with van der Waals surface area (Å²) in [7, 11) is 0. The molecule has 1 aromatic heterocycles. The second-order valence-electron chi connectivity index (χ2n) is 5.37. The average molecular weight is 374 g/mol. The van der Waals surface area contributed by atoms with E-state index in [4.69, 9.17) is 17.3 Å². The maximum atomic E-state index is 12.8. The number of H-pyrrole nitrogens is 1. The van der Waals surface area contributed by atoms with Gasteiger partial charge in [-0.05, 0) is 30.2 Å². The van der Waals surface area contributed by atoms with Crippen molar-refractivity contribution in [1.82, 2.24) is 15.2 Å². The quantitative estimate of drug-likeness (QED) is 0.591. The van der Waals surface area contributed by atoms with E-state index in [1.54, 1.807) is 6.07 Å². The molecule has 25 heavy (non-hydrogen) atoms. The van der Waals surface area contributed by atoms with Crippen LogP contribution in [0.4, 0.5) is 11.6 Å². The Hall–Kier alpha value is -2.51. The van der Waals surface area contributed by atoms with Crippen LogP contribution in [0.15, 0.2) is 53.7 Å². The molecule has 3 aromatic rings. The van der Waals surface area contributed by atoms with E-state index in [9.17, 15) is 4.79 Å². The van der Waals surface area contributed by atoms with Gasteiger partial charge in [0.25, 0.3) is 0 Å². The predicted molar refractivity (Wildman–Crippen MR) is 101 cm³/mol. The molecule has 1 amide bonds. The zero-order valence-corrected chi connectivity index (χ0v) is 14.9. The predicted octanol–water partition coefficient (Wildman–Crippen LogP) is 3.82. The van der Waals surface area contributed by atoms with Crippen LogP contribution in [0.25, 0.3) is 0 Å². The summed E-state index contributed by atoms with van der Waals surface area (Å²) in [5, 5.41) is 9.94. The molecule has 128 valence electrons. The third-order valence-corrected chi connectivity index (χ3v) is 5.01. The minimum atomic E-state index is -0.531. The van der Waals surface area contributed by atoms with Gasteiger partial charge in [0.05, 0.1) is 0 Å². The number of aryl methyl sites for hydroxylation is 1. The number of hydrogen-bond acceptors (Lipinski definition) is 5. The number of aromatic amines is 1. The summed E-state index contributed by atoms with van der Waals surface area (Å²) in [5.41, 5.74) is 7.99.